The average Bonchev–Trinajstić information content (AvgIpc) is 2.58. The van der Waals surface area contributed by atoms with Crippen LogP contribution in [0.2, 0.25) is 0 Å². The Labute approximate surface area is 67.2 Å². The van der Waals surface area contributed by atoms with Gasteiger partial charge in [0.1, 0.15) is 0 Å². The van der Waals surface area contributed by atoms with Crippen molar-refractivity contribution in [2.75, 3.05) is 6.61 Å². The first-order chi connectivity index (χ1) is 5.15. The Hall–Kier alpha value is -0.0800. The summed E-state index contributed by atoms with van der Waals surface area (Å²) in [4.78, 5) is 0. The minimum atomic E-state index is -0.499. The summed E-state index contributed by atoms with van der Waals surface area (Å²) >= 11 is 0. The van der Waals surface area contributed by atoms with E-state index in [1.54, 1.807) is 0 Å². The number of aliphatic hydroxyl groups is 2. The molecule has 2 N–H and O–H groups in total. The number of hydrogen-bond donors (Lipinski definition) is 2. The second-order valence-electron chi connectivity index (χ2n) is 4.30. The zero-order chi connectivity index (χ0) is 8.11. The van der Waals surface area contributed by atoms with E-state index in [1.165, 1.54) is 0 Å². The van der Waals surface area contributed by atoms with E-state index in [9.17, 15) is 5.11 Å². The second-order valence-corrected chi connectivity index (χ2v) is 4.30. The van der Waals surface area contributed by atoms with Crippen LogP contribution in [0, 0.1) is 11.3 Å². The van der Waals surface area contributed by atoms with Crippen LogP contribution in [0.4, 0.5) is 0 Å². The fourth-order valence-electron chi connectivity index (χ4n) is 2.51. The van der Waals surface area contributed by atoms with Crippen molar-refractivity contribution in [2.24, 2.45) is 11.3 Å². The Balaban J connectivity index is 2.13. The second kappa shape index (κ2) is 1.99. The Kier molecular flexibility index (Phi) is 1.37. The van der Waals surface area contributed by atoms with Gasteiger partial charge in [-0.2, -0.15) is 0 Å². The first-order valence-electron chi connectivity index (χ1n) is 4.48. The topological polar surface area (TPSA) is 40.5 Å². The third-order valence-electron chi connectivity index (χ3n) is 3.84. The Morgan fingerprint density at radius 1 is 1.45 bits per heavy atom. The molecule has 2 fully saturated rings. The molecule has 2 heteroatoms. The van der Waals surface area contributed by atoms with Crippen LogP contribution in [0.1, 0.15) is 32.6 Å². The van der Waals surface area contributed by atoms with Crippen molar-refractivity contribution in [3.63, 3.8) is 0 Å². The van der Waals surface area contributed by atoms with E-state index in [-0.39, 0.29) is 12.0 Å². The van der Waals surface area contributed by atoms with Gasteiger partial charge in [0.05, 0.1) is 12.2 Å². The van der Waals surface area contributed by atoms with Crippen LogP contribution in [-0.4, -0.2) is 22.4 Å². The normalized spacial score (nSPS) is 46.6. The standard InChI is InChI=1S/C9H16O2/c1-7-5-8(7,6-10)9(11)3-2-4-9/h7,10-11H,2-6H2,1H3. The zero-order valence-corrected chi connectivity index (χ0v) is 7.01. The van der Waals surface area contributed by atoms with E-state index in [0.717, 1.165) is 25.7 Å². The lowest BCUT2D eigenvalue weighted by atomic mass is 9.68. The predicted octanol–water partition coefficient (Wildman–Crippen LogP) is 0.920. The van der Waals surface area contributed by atoms with Gasteiger partial charge in [0.2, 0.25) is 0 Å². The van der Waals surface area contributed by atoms with Crippen LogP contribution >= 0.6 is 0 Å². The zero-order valence-electron chi connectivity index (χ0n) is 7.01. The molecule has 2 unspecified atom stereocenters. The fourth-order valence-corrected chi connectivity index (χ4v) is 2.51. The summed E-state index contributed by atoms with van der Waals surface area (Å²) < 4.78 is 0. The van der Waals surface area contributed by atoms with E-state index in [2.05, 4.69) is 6.92 Å². The highest BCUT2D eigenvalue weighted by molar-refractivity contribution is 5.15. The Morgan fingerprint density at radius 3 is 2.09 bits per heavy atom. The summed E-state index contributed by atoms with van der Waals surface area (Å²) in [6, 6.07) is 0. The monoisotopic (exact) mass is 156 g/mol. The highest BCUT2D eigenvalue weighted by Gasteiger charge is 2.65. The molecule has 0 saturated heterocycles. The molecule has 0 aromatic heterocycles. The van der Waals surface area contributed by atoms with Crippen LogP contribution in [-0.2, 0) is 0 Å². The molecule has 2 aliphatic carbocycles. The first kappa shape index (κ1) is 7.56. The number of rotatable bonds is 2. The Bertz CT molecular complexity index is 170. The first-order valence-corrected chi connectivity index (χ1v) is 4.48. The molecule has 2 atom stereocenters. The van der Waals surface area contributed by atoms with Crippen molar-refractivity contribution in [1.82, 2.24) is 0 Å². The molecule has 0 radical (unpaired) electrons. The van der Waals surface area contributed by atoms with Gasteiger partial charge < -0.3 is 10.2 Å². The van der Waals surface area contributed by atoms with E-state index >= 15 is 0 Å². The molecule has 0 spiro atoms. The third-order valence-corrected chi connectivity index (χ3v) is 3.84. The van der Waals surface area contributed by atoms with Gasteiger partial charge in [0.15, 0.2) is 0 Å². The third kappa shape index (κ3) is 0.744. The van der Waals surface area contributed by atoms with Gasteiger partial charge in [-0.15, -0.1) is 0 Å². The number of aliphatic hydroxyl groups excluding tert-OH is 1. The molecular formula is C9H16O2. The van der Waals surface area contributed by atoms with E-state index in [1.807, 2.05) is 0 Å². The number of hydrogen-bond acceptors (Lipinski definition) is 2. The lowest BCUT2D eigenvalue weighted by Gasteiger charge is -2.44. The van der Waals surface area contributed by atoms with Crippen LogP contribution in [0.15, 0.2) is 0 Å². The smallest absolute Gasteiger partial charge is 0.0728 e. The molecule has 0 aromatic rings. The largest absolute Gasteiger partial charge is 0.396 e. The molecule has 0 aliphatic heterocycles. The minimum Gasteiger partial charge on any atom is -0.396 e. The lowest BCUT2D eigenvalue weighted by molar-refractivity contribution is -0.117. The van der Waals surface area contributed by atoms with Crippen LogP contribution < -0.4 is 0 Å². The van der Waals surface area contributed by atoms with Gasteiger partial charge in [-0.25, -0.2) is 0 Å². The summed E-state index contributed by atoms with van der Waals surface area (Å²) in [7, 11) is 0. The van der Waals surface area contributed by atoms with Gasteiger partial charge in [-0.1, -0.05) is 6.92 Å². The molecule has 0 amide bonds. The summed E-state index contributed by atoms with van der Waals surface area (Å²) in [5.41, 5.74) is -0.605. The molecule has 2 rings (SSSR count). The van der Waals surface area contributed by atoms with Gasteiger partial charge >= 0.3 is 0 Å². The summed E-state index contributed by atoms with van der Waals surface area (Å²) in [5, 5.41) is 19.2. The molecule has 0 heterocycles. The minimum absolute atomic E-state index is 0.106. The maximum atomic E-state index is 10.0. The van der Waals surface area contributed by atoms with E-state index in [0.29, 0.717) is 5.92 Å². The highest BCUT2D eigenvalue weighted by Crippen LogP contribution is 2.64. The molecule has 64 valence electrons. The van der Waals surface area contributed by atoms with Crippen LogP contribution in [0.5, 0.6) is 0 Å². The molecule has 2 aliphatic rings. The van der Waals surface area contributed by atoms with Crippen molar-refractivity contribution < 1.29 is 10.2 Å². The van der Waals surface area contributed by atoms with Gasteiger partial charge in [-0.3, -0.25) is 0 Å². The van der Waals surface area contributed by atoms with Crippen LogP contribution in [0.25, 0.3) is 0 Å². The van der Waals surface area contributed by atoms with E-state index in [4.69, 9.17) is 5.11 Å². The average molecular weight is 156 g/mol. The van der Waals surface area contributed by atoms with Crippen LogP contribution in [0.3, 0.4) is 0 Å². The van der Waals surface area contributed by atoms with Crippen molar-refractivity contribution in [2.45, 2.75) is 38.2 Å². The maximum absolute atomic E-state index is 10.0. The molecule has 2 nitrogen and oxygen atoms in total. The van der Waals surface area contributed by atoms with Crippen molar-refractivity contribution in [3.8, 4) is 0 Å². The molecule has 2 saturated carbocycles. The molecular weight excluding hydrogens is 140 g/mol. The quantitative estimate of drug-likeness (QED) is 0.624. The molecule has 11 heavy (non-hydrogen) atoms. The summed E-state index contributed by atoms with van der Waals surface area (Å²) in [6.07, 6.45) is 3.95. The highest BCUT2D eigenvalue weighted by atomic mass is 16.3. The lowest BCUT2D eigenvalue weighted by Crippen LogP contribution is -2.48. The van der Waals surface area contributed by atoms with Gasteiger partial charge in [0.25, 0.3) is 0 Å². The van der Waals surface area contributed by atoms with Gasteiger partial charge in [0, 0.05) is 5.41 Å². The Morgan fingerprint density at radius 2 is 2.00 bits per heavy atom. The summed E-state index contributed by atoms with van der Waals surface area (Å²) in [6.45, 7) is 2.29. The van der Waals surface area contributed by atoms with Gasteiger partial charge in [-0.05, 0) is 31.6 Å². The van der Waals surface area contributed by atoms with Crippen molar-refractivity contribution >= 4 is 0 Å². The van der Waals surface area contributed by atoms with Crippen molar-refractivity contribution in [3.05, 3.63) is 0 Å². The molecule has 0 bridgehead atoms. The predicted molar refractivity (Wildman–Crippen MR) is 42.1 cm³/mol. The SMILES string of the molecule is CC1CC1(CO)C1(O)CCC1. The molecule has 0 aromatic carbocycles. The van der Waals surface area contributed by atoms with Crippen molar-refractivity contribution in [1.29, 1.82) is 0 Å². The summed E-state index contributed by atoms with van der Waals surface area (Å²) in [5.74, 6) is 0.526. The maximum Gasteiger partial charge on any atom is 0.0728 e. The fraction of sp³-hybridized carbons (Fsp3) is 1.00. The van der Waals surface area contributed by atoms with E-state index < -0.39 is 5.60 Å².